The molecule has 3 rings (SSSR count). The maximum absolute atomic E-state index is 13.2. The van der Waals surface area contributed by atoms with Gasteiger partial charge in [0, 0.05) is 11.3 Å². The van der Waals surface area contributed by atoms with Gasteiger partial charge in [-0.1, -0.05) is 41.9 Å². The summed E-state index contributed by atoms with van der Waals surface area (Å²) in [4.78, 5) is 16.1. The highest BCUT2D eigenvalue weighted by molar-refractivity contribution is 6.31. The van der Waals surface area contributed by atoms with Crippen LogP contribution in [0.1, 0.15) is 12.5 Å². The summed E-state index contributed by atoms with van der Waals surface area (Å²) in [5, 5.41) is 3.16. The van der Waals surface area contributed by atoms with E-state index in [9.17, 15) is 9.18 Å². The molecule has 2 aromatic carbocycles. The standard InChI is InChI=1S/C20H23ClFN3O/c1-15(23-17-7-8-19(22)18(21)13-17)20(26)25-11-9-24(10-12-25)14-16-5-3-2-4-6-16/h2-8,13,15,23H,9-12,14H2,1H3/p+1/t15-/m1/s1. The molecule has 138 valence electrons. The van der Waals surface area contributed by atoms with E-state index >= 15 is 0 Å². The van der Waals surface area contributed by atoms with Crippen LogP contribution in [0.15, 0.2) is 48.5 Å². The van der Waals surface area contributed by atoms with E-state index in [1.54, 1.807) is 6.07 Å². The summed E-state index contributed by atoms with van der Waals surface area (Å²) < 4.78 is 13.2. The van der Waals surface area contributed by atoms with Crippen molar-refractivity contribution in [2.75, 3.05) is 31.5 Å². The summed E-state index contributed by atoms with van der Waals surface area (Å²) in [7, 11) is 0. The lowest BCUT2D eigenvalue weighted by Crippen LogP contribution is -3.13. The van der Waals surface area contributed by atoms with Gasteiger partial charge < -0.3 is 15.1 Å². The van der Waals surface area contributed by atoms with Gasteiger partial charge in [-0.15, -0.1) is 0 Å². The number of carbonyl (C=O) groups excluding carboxylic acids is 1. The second kappa shape index (κ2) is 8.52. The molecule has 6 heteroatoms. The summed E-state index contributed by atoms with van der Waals surface area (Å²) in [6.07, 6.45) is 0. The number of rotatable bonds is 5. The van der Waals surface area contributed by atoms with Crippen molar-refractivity contribution in [3.63, 3.8) is 0 Å². The Labute approximate surface area is 158 Å². The van der Waals surface area contributed by atoms with Crippen LogP contribution in [0.2, 0.25) is 5.02 Å². The quantitative estimate of drug-likeness (QED) is 0.839. The maximum atomic E-state index is 13.2. The molecule has 1 atom stereocenters. The van der Waals surface area contributed by atoms with E-state index in [1.165, 1.54) is 22.6 Å². The monoisotopic (exact) mass is 376 g/mol. The Kier molecular flexibility index (Phi) is 6.12. The fraction of sp³-hybridized carbons (Fsp3) is 0.350. The molecule has 2 aromatic rings. The minimum Gasteiger partial charge on any atom is -0.374 e. The van der Waals surface area contributed by atoms with Crippen molar-refractivity contribution in [3.05, 3.63) is 64.9 Å². The van der Waals surface area contributed by atoms with Crippen LogP contribution in [0.25, 0.3) is 0 Å². The average molecular weight is 377 g/mol. The van der Waals surface area contributed by atoms with E-state index in [-0.39, 0.29) is 17.0 Å². The molecule has 1 aliphatic rings. The van der Waals surface area contributed by atoms with Crippen molar-refractivity contribution >= 4 is 23.2 Å². The highest BCUT2D eigenvalue weighted by Crippen LogP contribution is 2.20. The van der Waals surface area contributed by atoms with Crippen LogP contribution >= 0.6 is 11.6 Å². The molecule has 0 unspecified atom stereocenters. The van der Waals surface area contributed by atoms with Gasteiger partial charge in [-0.25, -0.2) is 4.39 Å². The first-order chi connectivity index (χ1) is 12.5. The molecule has 1 fully saturated rings. The van der Waals surface area contributed by atoms with Gasteiger partial charge in [0.15, 0.2) is 0 Å². The van der Waals surface area contributed by atoms with E-state index in [4.69, 9.17) is 11.6 Å². The van der Waals surface area contributed by atoms with E-state index in [0.29, 0.717) is 5.69 Å². The third-order valence-electron chi connectivity index (χ3n) is 4.75. The zero-order chi connectivity index (χ0) is 18.5. The van der Waals surface area contributed by atoms with E-state index in [2.05, 4.69) is 29.6 Å². The predicted molar refractivity (Wildman–Crippen MR) is 102 cm³/mol. The third kappa shape index (κ3) is 4.74. The Morgan fingerprint density at radius 3 is 2.58 bits per heavy atom. The topological polar surface area (TPSA) is 36.8 Å². The Balaban J connectivity index is 1.50. The zero-order valence-corrected chi connectivity index (χ0v) is 15.6. The number of anilines is 1. The number of hydrogen-bond donors (Lipinski definition) is 2. The summed E-state index contributed by atoms with van der Waals surface area (Å²) in [5.41, 5.74) is 1.97. The molecule has 1 amide bonds. The number of nitrogens with zero attached hydrogens (tertiary/aromatic N) is 1. The Morgan fingerprint density at radius 1 is 1.23 bits per heavy atom. The number of carbonyl (C=O) groups is 1. The van der Waals surface area contributed by atoms with Gasteiger partial charge in [0.05, 0.1) is 31.2 Å². The lowest BCUT2D eigenvalue weighted by Gasteiger charge is -2.34. The van der Waals surface area contributed by atoms with Crippen LogP contribution in [0, 0.1) is 5.82 Å². The number of halogens is 2. The molecular weight excluding hydrogens is 353 g/mol. The molecule has 0 radical (unpaired) electrons. The van der Waals surface area contributed by atoms with Crippen LogP contribution < -0.4 is 10.2 Å². The second-order valence-electron chi connectivity index (χ2n) is 6.73. The number of quaternary nitrogens is 1. The molecule has 0 aromatic heterocycles. The van der Waals surface area contributed by atoms with Gasteiger partial charge in [-0.2, -0.15) is 0 Å². The number of nitrogens with one attached hydrogen (secondary N) is 2. The summed E-state index contributed by atoms with van der Waals surface area (Å²) in [6.45, 7) is 6.19. The summed E-state index contributed by atoms with van der Waals surface area (Å²) in [5.74, 6) is -0.405. The van der Waals surface area contributed by atoms with E-state index in [1.807, 2.05) is 17.9 Å². The fourth-order valence-corrected chi connectivity index (χ4v) is 3.46. The van der Waals surface area contributed by atoms with Crippen molar-refractivity contribution in [1.29, 1.82) is 0 Å². The van der Waals surface area contributed by atoms with Gasteiger partial charge >= 0.3 is 0 Å². The van der Waals surface area contributed by atoms with Gasteiger partial charge in [0.1, 0.15) is 18.4 Å². The highest BCUT2D eigenvalue weighted by Gasteiger charge is 2.27. The van der Waals surface area contributed by atoms with Crippen molar-refractivity contribution in [1.82, 2.24) is 4.90 Å². The number of piperazine rings is 1. The molecule has 0 aliphatic carbocycles. The van der Waals surface area contributed by atoms with Crippen molar-refractivity contribution in [2.45, 2.75) is 19.5 Å². The van der Waals surface area contributed by atoms with Crippen LogP contribution in [-0.2, 0) is 11.3 Å². The van der Waals surface area contributed by atoms with Gasteiger partial charge in [-0.05, 0) is 25.1 Å². The molecule has 0 bridgehead atoms. The average Bonchev–Trinajstić information content (AvgIpc) is 2.65. The fourth-order valence-electron chi connectivity index (χ4n) is 3.28. The molecule has 1 aliphatic heterocycles. The molecule has 1 heterocycles. The van der Waals surface area contributed by atoms with Gasteiger partial charge in [-0.3, -0.25) is 4.79 Å². The summed E-state index contributed by atoms with van der Waals surface area (Å²) >= 11 is 5.79. The van der Waals surface area contributed by atoms with Crippen molar-refractivity contribution < 1.29 is 14.1 Å². The second-order valence-corrected chi connectivity index (χ2v) is 7.14. The number of benzene rings is 2. The summed E-state index contributed by atoms with van der Waals surface area (Å²) in [6, 6.07) is 14.4. The van der Waals surface area contributed by atoms with Crippen LogP contribution in [0.3, 0.4) is 0 Å². The molecule has 2 N–H and O–H groups in total. The minimum absolute atomic E-state index is 0.0489. The zero-order valence-electron chi connectivity index (χ0n) is 14.8. The first-order valence-corrected chi connectivity index (χ1v) is 9.28. The van der Waals surface area contributed by atoms with E-state index < -0.39 is 5.82 Å². The van der Waals surface area contributed by atoms with Crippen LogP contribution in [0.4, 0.5) is 10.1 Å². The molecule has 4 nitrogen and oxygen atoms in total. The van der Waals surface area contributed by atoms with E-state index in [0.717, 1.165) is 32.7 Å². The largest absolute Gasteiger partial charge is 0.374 e. The van der Waals surface area contributed by atoms with Crippen molar-refractivity contribution in [3.8, 4) is 0 Å². The maximum Gasteiger partial charge on any atom is 0.245 e. The van der Waals surface area contributed by atoms with Gasteiger partial charge in [0.2, 0.25) is 5.91 Å². The first kappa shape index (κ1) is 18.7. The minimum atomic E-state index is -0.464. The number of hydrogen-bond acceptors (Lipinski definition) is 2. The Morgan fingerprint density at radius 2 is 1.92 bits per heavy atom. The Bertz CT molecular complexity index is 748. The van der Waals surface area contributed by atoms with Crippen LogP contribution in [0.5, 0.6) is 0 Å². The lowest BCUT2D eigenvalue weighted by atomic mass is 10.2. The normalized spacial score (nSPS) is 16.3. The molecule has 1 saturated heterocycles. The predicted octanol–water partition coefficient (Wildman–Crippen LogP) is 2.21. The smallest absolute Gasteiger partial charge is 0.245 e. The Hall–Kier alpha value is -2.11. The van der Waals surface area contributed by atoms with Crippen molar-refractivity contribution in [2.24, 2.45) is 0 Å². The molecule has 0 spiro atoms. The lowest BCUT2D eigenvalue weighted by molar-refractivity contribution is -0.917. The third-order valence-corrected chi connectivity index (χ3v) is 5.04. The number of amides is 1. The van der Waals surface area contributed by atoms with Crippen LogP contribution in [-0.4, -0.2) is 43.0 Å². The first-order valence-electron chi connectivity index (χ1n) is 8.91. The SMILES string of the molecule is C[C@@H](Nc1ccc(F)c(Cl)c1)C(=O)N1CC[NH+](Cc2ccccc2)CC1. The molecule has 0 saturated carbocycles. The van der Waals surface area contributed by atoms with Gasteiger partial charge in [0.25, 0.3) is 0 Å². The molecule has 26 heavy (non-hydrogen) atoms. The highest BCUT2D eigenvalue weighted by atomic mass is 35.5. The molecular formula is C20H24ClFN3O+.